The highest BCUT2D eigenvalue weighted by Crippen LogP contribution is 2.33. The fraction of sp³-hybridized carbons (Fsp3) is 0.333. The summed E-state index contributed by atoms with van der Waals surface area (Å²) >= 11 is 0. The number of aliphatic hydroxyl groups is 1. The van der Waals surface area contributed by atoms with Gasteiger partial charge in [-0.15, -0.1) is 0 Å². The van der Waals surface area contributed by atoms with Crippen LogP contribution in [0, 0.1) is 11.3 Å². The lowest BCUT2D eigenvalue weighted by molar-refractivity contribution is -0.139. The number of nitrogens with zero attached hydrogens (tertiary/aromatic N) is 1. The second-order valence-electron chi connectivity index (χ2n) is 6.78. The molecule has 1 atom stereocenters. The maximum atomic E-state index is 13.1. The van der Waals surface area contributed by atoms with Gasteiger partial charge in [-0.3, -0.25) is 4.79 Å². The molecule has 0 aliphatic rings. The van der Waals surface area contributed by atoms with Crippen LogP contribution in [-0.2, 0) is 22.3 Å². The quantitative estimate of drug-likeness (QED) is 0.654. The largest absolute Gasteiger partial charge is 0.493 e. The van der Waals surface area contributed by atoms with Gasteiger partial charge in [0.1, 0.15) is 0 Å². The number of carbonyl (C=O) groups excluding carboxylic acids is 1. The van der Waals surface area contributed by atoms with Crippen LogP contribution in [0.25, 0.3) is 0 Å². The Hall–Kier alpha value is -3.29. The summed E-state index contributed by atoms with van der Waals surface area (Å²) in [4.78, 5) is 12.4. The molecule has 31 heavy (non-hydrogen) atoms. The number of hydrogen-bond donors (Lipinski definition) is 2. The van der Waals surface area contributed by atoms with E-state index in [0.717, 1.165) is 12.1 Å². The number of ether oxygens (including phenoxy) is 3. The number of nitriles is 1. The first-order valence-corrected chi connectivity index (χ1v) is 8.95. The molecule has 0 bridgehead atoms. The molecule has 10 heteroatoms. The minimum atomic E-state index is -4.77. The first-order valence-electron chi connectivity index (χ1n) is 8.95. The van der Waals surface area contributed by atoms with Gasteiger partial charge >= 0.3 is 6.18 Å². The van der Waals surface area contributed by atoms with E-state index < -0.39 is 35.4 Å². The lowest BCUT2D eigenvalue weighted by Gasteiger charge is -2.22. The van der Waals surface area contributed by atoms with E-state index in [1.54, 1.807) is 18.2 Å². The average molecular weight is 438 g/mol. The Morgan fingerprint density at radius 2 is 1.81 bits per heavy atom. The van der Waals surface area contributed by atoms with Crippen LogP contribution in [0.2, 0.25) is 0 Å². The van der Waals surface area contributed by atoms with Crippen LogP contribution >= 0.6 is 0 Å². The second-order valence-corrected chi connectivity index (χ2v) is 6.78. The molecular weight excluding hydrogens is 417 g/mol. The highest BCUT2D eigenvalue weighted by atomic mass is 19.4. The van der Waals surface area contributed by atoms with Gasteiger partial charge in [0.15, 0.2) is 17.1 Å². The van der Waals surface area contributed by atoms with Gasteiger partial charge in [-0.2, -0.15) is 18.4 Å². The van der Waals surface area contributed by atoms with Crippen molar-refractivity contribution in [3.63, 3.8) is 0 Å². The number of anilines is 1. The van der Waals surface area contributed by atoms with Crippen molar-refractivity contribution in [2.45, 2.75) is 25.3 Å². The minimum Gasteiger partial charge on any atom is -0.493 e. The van der Waals surface area contributed by atoms with Gasteiger partial charge in [0, 0.05) is 5.69 Å². The first kappa shape index (κ1) is 24.0. The Morgan fingerprint density at radius 1 is 1.13 bits per heavy atom. The van der Waals surface area contributed by atoms with Crippen molar-refractivity contribution < 1.29 is 37.3 Å². The molecular formula is C21H21F3N2O5. The Bertz CT molecular complexity index is 984. The number of rotatable bonds is 8. The fourth-order valence-electron chi connectivity index (χ4n) is 2.62. The molecule has 0 fully saturated rings. The van der Waals surface area contributed by atoms with E-state index in [1.165, 1.54) is 27.2 Å². The number of amides is 1. The lowest BCUT2D eigenvalue weighted by Crippen LogP contribution is -2.44. The van der Waals surface area contributed by atoms with Crippen LogP contribution in [0.3, 0.4) is 0 Å². The second kappa shape index (κ2) is 9.68. The van der Waals surface area contributed by atoms with Crippen molar-refractivity contribution in [3.8, 4) is 17.6 Å². The average Bonchev–Trinajstić information content (AvgIpc) is 2.72. The van der Waals surface area contributed by atoms with Crippen LogP contribution in [-0.4, -0.2) is 37.4 Å². The monoisotopic (exact) mass is 438 g/mol. The van der Waals surface area contributed by atoms with E-state index in [0.29, 0.717) is 23.1 Å². The van der Waals surface area contributed by atoms with E-state index in [1.807, 2.05) is 0 Å². The third-order valence-corrected chi connectivity index (χ3v) is 4.29. The van der Waals surface area contributed by atoms with Crippen molar-refractivity contribution in [2.24, 2.45) is 0 Å². The summed E-state index contributed by atoms with van der Waals surface area (Å²) in [5.74, 6) is 0.0466. The Kier molecular flexibility index (Phi) is 7.49. The molecule has 1 amide bonds. The molecule has 0 saturated heterocycles. The standard InChI is InChI=1S/C21H21F3N2O5/c1-20(28,12-31-11-13-4-7-17(29-2)18(8-13)30-3)19(27)26-15-6-5-14(10-25)16(9-15)21(22,23)24/h4-9,28H,11-12H2,1-3H3,(H,26,27). The molecule has 0 spiro atoms. The number of alkyl halides is 3. The third kappa shape index (κ3) is 6.10. The number of carbonyl (C=O) groups is 1. The lowest BCUT2D eigenvalue weighted by atomic mass is 10.1. The molecule has 2 N–H and O–H groups in total. The zero-order valence-electron chi connectivity index (χ0n) is 17.0. The summed E-state index contributed by atoms with van der Waals surface area (Å²) in [5.41, 5.74) is -3.30. The minimum absolute atomic E-state index is 0.0405. The molecule has 2 aromatic carbocycles. The molecule has 0 heterocycles. The smallest absolute Gasteiger partial charge is 0.417 e. The van der Waals surface area contributed by atoms with E-state index in [-0.39, 0.29) is 12.3 Å². The SMILES string of the molecule is COc1ccc(COCC(C)(O)C(=O)Nc2ccc(C#N)c(C(F)(F)F)c2)cc1OC. The molecule has 0 aliphatic heterocycles. The fourth-order valence-corrected chi connectivity index (χ4v) is 2.62. The molecule has 166 valence electrons. The molecule has 2 aromatic rings. The van der Waals surface area contributed by atoms with Gasteiger partial charge in [0.2, 0.25) is 0 Å². The number of methoxy groups -OCH3 is 2. The summed E-state index contributed by atoms with van der Waals surface area (Å²) in [7, 11) is 2.97. The van der Waals surface area contributed by atoms with Crippen molar-refractivity contribution in [2.75, 3.05) is 26.1 Å². The normalized spacial score (nSPS) is 13.1. The number of nitrogens with one attached hydrogen (secondary N) is 1. The highest BCUT2D eigenvalue weighted by Gasteiger charge is 2.35. The van der Waals surface area contributed by atoms with Crippen LogP contribution in [0.4, 0.5) is 18.9 Å². The Labute approximate surface area is 177 Å². The predicted molar refractivity (Wildman–Crippen MR) is 105 cm³/mol. The Morgan fingerprint density at radius 3 is 2.39 bits per heavy atom. The van der Waals surface area contributed by atoms with Crippen LogP contribution < -0.4 is 14.8 Å². The summed E-state index contributed by atoms with van der Waals surface area (Å²) in [6, 6.07) is 9.23. The maximum absolute atomic E-state index is 13.1. The Balaban J connectivity index is 2.03. The van der Waals surface area contributed by atoms with Crippen molar-refractivity contribution in [3.05, 3.63) is 53.1 Å². The summed E-state index contributed by atoms with van der Waals surface area (Å²) in [5, 5.41) is 21.4. The summed E-state index contributed by atoms with van der Waals surface area (Å²) in [6.07, 6.45) is -4.77. The third-order valence-electron chi connectivity index (χ3n) is 4.29. The maximum Gasteiger partial charge on any atom is 0.417 e. The first-order chi connectivity index (χ1) is 14.5. The van der Waals surface area contributed by atoms with Crippen molar-refractivity contribution >= 4 is 11.6 Å². The van der Waals surface area contributed by atoms with Gasteiger partial charge < -0.3 is 24.6 Å². The van der Waals surface area contributed by atoms with Gasteiger partial charge in [-0.1, -0.05) is 6.07 Å². The molecule has 1 unspecified atom stereocenters. The highest BCUT2D eigenvalue weighted by molar-refractivity contribution is 5.97. The number of hydrogen-bond acceptors (Lipinski definition) is 6. The topological polar surface area (TPSA) is 101 Å². The molecule has 2 rings (SSSR count). The molecule has 0 aliphatic carbocycles. The number of halogens is 3. The van der Waals surface area contributed by atoms with E-state index in [2.05, 4.69) is 5.32 Å². The molecule has 0 radical (unpaired) electrons. The van der Waals surface area contributed by atoms with Crippen LogP contribution in [0.5, 0.6) is 11.5 Å². The zero-order valence-corrected chi connectivity index (χ0v) is 17.0. The molecule has 0 aromatic heterocycles. The van der Waals surface area contributed by atoms with Gasteiger partial charge in [0.25, 0.3) is 5.91 Å². The molecule has 0 saturated carbocycles. The van der Waals surface area contributed by atoms with Crippen LogP contribution in [0.15, 0.2) is 36.4 Å². The predicted octanol–water partition coefficient (Wildman–Crippen LogP) is 3.50. The van der Waals surface area contributed by atoms with E-state index in [9.17, 15) is 23.1 Å². The summed E-state index contributed by atoms with van der Waals surface area (Å²) < 4.78 is 54.9. The van der Waals surface area contributed by atoms with Gasteiger partial charge in [0.05, 0.1) is 44.6 Å². The number of benzene rings is 2. The van der Waals surface area contributed by atoms with E-state index >= 15 is 0 Å². The van der Waals surface area contributed by atoms with Gasteiger partial charge in [-0.25, -0.2) is 0 Å². The van der Waals surface area contributed by atoms with Crippen LogP contribution in [0.1, 0.15) is 23.6 Å². The van der Waals surface area contributed by atoms with E-state index in [4.69, 9.17) is 19.5 Å². The van der Waals surface area contributed by atoms with Crippen molar-refractivity contribution in [1.29, 1.82) is 5.26 Å². The van der Waals surface area contributed by atoms with Crippen molar-refractivity contribution in [1.82, 2.24) is 0 Å². The summed E-state index contributed by atoms with van der Waals surface area (Å²) in [6.45, 7) is 0.791. The zero-order chi connectivity index (χ0) is 23.2. The molecule has 7 nitrogen and oxygen atoms in total. The van der Waals surface area contributed by atoms with Gasteiger partial charge in [-0.05, 0) is 42.8 Å².